The van der Waals surface area contributed by atoms with Gasteiger partial charge in [0, 0.05) is 30.9 Å². The molecular formula is C16H26N8. The minimum absolute atomic E-state index is 0.283. The molecular weight excluding hydrogens is 304 g/mol. The number of guanidine groups is 1. The maximum atomic E-state index is 6.19. The van der Waals surface area contributed by atoms with Gasteiger partial charge in [0.25, 0.3) is 0 Å². The standard InChI is InChI=1S/C16H26N8/c17-15-20-16(18,22-21-15)12-3-4-14(19-11-12)24-9-5-13(6-10-24)23-7-1-2-8-23/h3-4,11,13,22H,1-2,5-10,18H2,(H3,17,20,21). The third-order valence-electron chi connectivity index (χ3n) is 5.31. The molecule has 0 radical (unpaired) electrons. The summed E-state index contributed by atoms with van der Waals surface area (Å²) in [6.07, 6.45) is 6.94. The highest BCUT2D eigenvalue weighted by Gasteiger charge is 2.32. The van der Waals surface area contributed by atoms with Crippen molar-refractivity contribution >= 4 is 11.8 Å². The van der Waals surface area contributed by atoms with E-state index in [0.29, 0.717) is 0 Å². The Bertz CT molecular complexity index is 601. The number of rotatable bonds is 3. The molecule has 8 heteroatoms. The quantitative estimate of drug-likeness (QED) is 0.599. The fraction of sp³-hybridized carbons (Fsp3) is 0.625. The van der Waals surface area contributed by atoms with Gasteiger partial charge in [0.1, 0.15) is 5.82 Å². The summed E-state index contributed by atoms with van der Waals surface area (Å²) in [5.74, 6) is 0.244. The molecule has 8 nitrogen and oxygen atoms in total. The number of piperidine rings is 1. The van der Waals surface area contributed by atoms with Crippen molar-refractivity contribution in [3.8, 4) is 0 Å². The first-order valence-corrected chi connectivity index (χ1v) is 8.77. The molecule has 4 heterocycles. The van der Waals surface area contributed by atoms with Gasteiger partial charge in [-0.15, -0.1) is 0 Å². The molecule has 0 aliphatic carbocycles. The van der Waals surface area contributed by atoms with Gasteiger partial charge in [-0.05, 0) is 50.9 Å². The van der Waals surface area contributed by atoms with Crippen molar-refractivity contribution in [1.82, 2.24) is 20.7 Å². The smallest absolute Gasteiger partial charge is 0.210 e. The normalized spacial score (nSPS) is 28.9. The number of aliphatic imine (C=N–C) groups is 1. The van der Waals surface area contributed by atoms with Crippen LogP contribution in [-0.2, 0) is 5.79 Å². The molecule has 0 spiro atoms. The molecule has 1 atom stereocenters. The highest BCUT2D eigenvalue weighted by Crippen LogP contribution is 2.25. The van der Waals surface area contributed by atoms with Gasteiger partial charge in [-0.1, -0.05) is 0 Å². The van der Waals surface area contributed by atoms with E-state index in [0.717, 1.165) is 30.5 Å². The molecule has 1 aromatic rings. The maximum Gasteiger partial charge on any atom is 0.210 e. The predicted molar refractivity (Wildman–Crippen MR) is 94.0 cm³/mol. The van der Waals surface area contributed by atoms with E-state index in [2.05, 4.69) is 30.6 Å². The van der Waals surface area contributed by atoms with Crippen LogP contribution in [0.25, 0.3) is 0 Å². The number of hydrogen-bond donors (Lipinski definition) is 4. The van der Waals surface area contributed by atoms with Gasteiger partial charge in [-0.3, -0.25) is 11.2 Å². The second kappa shape index (κ2) is 6.19. The number of anilines is 1. The Morgan fingerprint density at radius 2 is 1.88 bits per heavy atom. The summed E-state index contributed by atoms with van der Waals surface area (Å²) in [6.45, 7) is 4.68. The van der Waals surface area contributed by atoms with Crippen molar-refractivity contribution in [1.29, 1.82) is 0 Å². The Morgan fingerprint density at radius 3 is 2.46 bits per heavy atom. The second-order valence-electron chi connectivity index (χ2n) is 6.88. The molecule has 0 aromatic carbocycles. The summed E-state index contributed by atoms with van der Waals surface area (Å²) in [5.41, 5.74) is 18.2. The number of hydrazine groups is 1. The summed E-state index contributed by atoms with van der Waals surface area (Å²) >= 11 is 0. The molecule has 2 saturated heterocycles. The van der Waals surface area contributed by atoms with Crippen LogP contribution in [0.2, 0.25) is 0 Å². The first-order valence-electron chi connectivity index (χ1n) is 8.77. The summed E-state index contributed by atoms with van der Waals surface area (Å²) in [7, 11) is 0. The molecule has 0 bridgehead atoms. The van der Waals surface area contributed by atoms with Crippen molar-refractivity contribution in [3.63, 3.8) is 0 Å². The average Bonchev–Trinajstić information content (AvgIpc) is 3.26. The lowest BCUT2D eigenvalue weighted by atomic mass is 10.0. The van der Waals surface area contributed by atoms with Crippen molar-refractivity contribution in [2.75, 3.05) is 31.1 Å². The Labute approximate surface area is 142 Å². The van der Waals surface area contributed by atoms with Gasteiger partial charge >= 0.3 is 0 Å². The van der Waals surface area contributed by atoms with E-state index in [1.165, 1.54) is 38.8 Å². The van der Waals surface area contributed by atoms with Crippen LogP contribution in [0.1, 0.15) is 31.2 Å². The largest absolute Gasteiger partial charge is 0.369 e. The Kier molecular flexibility index (Phi) is 4.03. The van der Waals surface area contributed by atoms with Crippen molar-refractivity contribution in [3.05, 3.63) is 23.9 Å². The molecule has 3 aliphatic rings. The van der Waals surface area contributed by atoms with Crippen LogP contribution in [0.4, 0.5) is 5.82 Å². The molecule has 0 saturated carbocycles. The van der Waals surface area contributed by atoms with Crippen LogP contribution >= 0.6 is 0 Å². The number of hydrogen-bond acceptors (Lipinski definition) is 8. The number of pyridine rings is 1. The van der Waals surface area contributed by atoms with Gasteiger partial charge in [-0.25, -0.2) is 9.98 Å². The van der Waals surface area contributed by atoms with E-state index in [9.17, 15) is 0 Å². The highest BCUT2D eigenvalue weighted by atomic mass is 15.6. The number of nitrogens with one attached hydrogen (secondary N) is 2. The maximum absolute atomic E-state index is 6.19. The summed E-state index contributed by atoms with van der Waals surface area (Å²) in [5, 5.41) is 0. The molecule has 1 unspecified atom stereocenters. The Balaban J connectivity index is 1.39. The summed E-state index contributed by atoms with van der Waals surface area (Å²) in [6, 6.07) is 4.73. The fourth-order valence-electron chi connectivity index (χ4n) is 3.91. The lowest BCUT2D eigenvalue weighted by molar-refractivity contribution is 0.207. The zero-order chi connectivity index (χ0) is 16.6. The third kappa shape index (κ3) is 2.92. The average molecular weight is 330 g/mol. The predicted octanol–water partition coefficient (Wildman–Crippen LogP) is -0.362. The van der Waals surface area contributed by atoms with Gasteiger partial charge in [-0.2, -0.15) is 5.43 Å². The first kappa shape index (κ1) is 15.6. The number of aromatic nitrogens is 1. The van der Waals surface area contributed by atoms with Crippen LogP contribution in [0.15, 0.2) is 23.3 Å². The molecule has 4 rings (SSSR count). The van der Waals surface area contributed by atoms with E-state index in [4.69, 9.17) is 11.5 Å². The zero-order valence-corrected chi connectivity index (χ0v) is 13.9. The third-order valence-corrected chi connectivity index (χ3v) is 5.31. The van der Waals surface area contributed by atoms with Crippen molar-refractivity contribution in [2.24, 2.45) is 16.5 Å². The van der Waals surface area contributed by atoms with Crippen LogP contribution < -0.4 is 27.2 Å². The monoisotopic (exact) mass is 330 g/mol. The zero-order valence-electron chi connectivity index (χ0n) is 13.9. The van der Waals surface area contributed by atoms with Gasteiger partial charge < -0.3 is 15.5 Å². The molecule has 24 heavy (non-hydrogen) atoms. The van der Waals surface area contributed by atoms with E-state index < -0.39 is 5.79 Å². The first-order chi connectivity index (χ1) is 11.6. The fourth-order valence-corrected chi connectivity index (χ4v) is 3.91. The van der Waals surface area contributed by atoms with Gasteiger partial charge in [0.15, 0.2) is 0 Å². The van der Waals surface area contributed by atoms with Crippen LogP contribution in [0.5, 0.6) is 0 Å². The van der Waals surface area contributed by atoms with Crippen LogP contribution in [0.3, 0.4) is 0 Å². The summed E-state index contributed by atoms with van der Waals surface area (Å²) < 4.78 is 0. The lowest BCUT2D eigenvalue weighted by Gasteiger charge is -2.37. The molecule has 3 aliphatic heterocycles. The molecule has 0 amide bonds. The van der Waals surface area contributed by atoms with E-state index in [1.807, 2.05) is 12.1 Å². The molecule has 6 N–H and O–H groups in total. The summed E-state index contributed by atoms with van der Waals surface area (Å²) in [4.78, 5) is 13.8. The second-order valence-corrected chi connectivity index (χ2v) is 6.88. The molecule has 1 aromatic heterocycles. The topological polar surface area (TPSA) is 108 Å². The molecule has 130 valence electrons. The Morgan fingerprint density at radius 1 is 1.12 bits per heavy atom. The van der Waals surface area contributed by atoms with E-state index in [1.54, 1.807) is 6.20 Å². The van der Waals surface area contributed by atoms with Crippen LogP contribution in [-0.4, -0.2) is 48.1 Å². The van der Waals surface area contributed by atoms with Gasteiger partial charge in [0.05, 0.1) is 0 Å². The minimum atomic E-state index is -1.04. The van der Waals surface area contributed by atoms with E-state index in [-0.39, 0.29) is 5.96 Å². The minimum Gasteiger partial charge on any atom is -0.369 e. The number of nitrogens with two attached hydrogens (primary N) is 2. The van der Waals surface area contributed by atoms with Crippen molar-refractivity contribution in [2.45, 2.75) is 37.5 Å². The molecule has 2 fully saturated rings. The van der Waals surface area contributed by atoms with Crippen molar-refractivity contribution < 1.29 is 0 Å². The SMILES string of the molecule is NC1=NC(N)(c2ccc(N3CCC(N4CCCC4)CC3)nc2)NN1. The Hall–Kier alpha value is -1.90. The number of likely N-dealkylation sites (tertiary alicyclic amines) is 1. The van der Waals surface area contributed by atoms with Crippen LogP contribution in [0, 0.1) is 0 Å². The van der Waals surface area contributed by atoms with E-state index >= 15 is 0 Å². The highest BCUT2D eigenvalue weighted by molar-refractivity contribution is 5.79. The van der Waals surface area contributed by atoms with Gasteiger partial charge in [0.2, 0.25) is 11.7 Å². The lowest BCUT2D eigenvalue weighted by Crippen LogP contribution is -2.50. The number of nitrogens with zero attached hydrogens (tertiary/aromatic N) is 4.